The number of amides is 1. The lowest BCUT2D eigenvalue weighted by Crippen LogP contribution is -2.20. The van der Waals surface area contributed by atoms with Crippen LogP contribution < -0.4 is 24.4 Å². The van der Waals surface area contributed by atoms with Crippen LogP contribution in [0.15, 0.2) is 34.5 Å². The molecule has 0 radical (unpaired) electrons. The molecule has 2 heterocycles. The van der Waals surface area contributed by atoms with E-state index in [4.69, 9.17) is 28.5 Å². The minimum Gasteiger partial charge on any atom is -0.507 e. The van der Waals surface area contributed by atoms with Gasteiger partial charge < -0.3 is 33.6 Å². The van der Waals surface area contributed by atoms with Crippen LogP contribution in [0.2, 0.25) is 0 Å². The molecule has 0 fully saturated rings. The van der Waals surface area contributed by atoms with Gasteiger partial charge in [-0.3, -0.25) is 4.79 Å². The number of carbonyl (C=O) groups excluding carboxylic acids is 2. The topological polar surface area (TPSA) is 146 Å². The minimum atomic E-state index is -0.605. The summed E-state index contributed by atoms with van der Waals surface area (Å²) in [4.78, 5) is 30.0. The first kappa shape index (κ1) is 24.6. The summed E-state index contributed by atoms with van der Waals surface area (Å²) < 4.78 is 27.4. The molecule has 1 atom stereocenters. The van der Waals surface area contributed by atoms with Gasteiger partial charge in [0.25, 0.3) is 5.91 Å². The maximum absolute atomic E-state index is 12.5. The van der Waals surface area contributed by atoms with Crippen LogP contribution in [-0.2, 0) is 20.8 Å². The van der Waals surface area contributed by atoms with Gasteiger partial charge in [0, 0.05) is 24.0 Å². The van der Waals surface area contributed by atoms with Gasteiger partial charge in [-0.1, -0.05) is 17.3 Å². The van der Waals surface area contributed by atoms with Crippen molar-refractivity contribution in [3.63, 3.8) is 0 Å². The van der Waals surface area contributed by atoms with Gasteiger partial charge >= 0.3 is 5.97 Å². The Morgan fingerprint density at radius 3 is 2.67 bits per heavy atom. The number of phenolic OH excluding ortho intramolecular Hbond substituents is 1. The molecule has 0 aromatic heterocycles. The Morgan fingerprint density at radius 2 is 1.94 bits per heavy atom. The number of fused-ring (bicyclic) bond motifs is 1. The van der Waals surface area contributed by atoms with Gasteiger partial charge in [0.05, 0.1) is 32.6 Å². The molecule has 190 valence electrons. The third kappa shape index (κ3) is 4.83. The van der Waals surface area contributed by atoms with Gasteiger partial charge in [0.1, 0.15) is 11.9 Å². The number of hydrogen-bond donors (Lipinski definition) is 2. The molecule has 2 aliphatic heterocycles. The van der Waals surface area contributed by atoms with E-state index in [9.17, 15) is 14.7 Å². The number of hydrogen-bond acceptors (Lipinski definition) is 11. The van der Waals surface area contributed by atoms with Crippen LogP contribution in [0.1, 0.15) is 34.8 Å². The lowest BCUT2D eigenvalue weighted by molar-refractivity contribution is -0.135. The standard InChI is InChI=1S/C24H25N3O9/c1-4-33-24(30)17-10-13(36-27-17)9-15-16(11-25-26-23(29)14-7-5-6-8-18(14)28)20-22(35-12-34-20)21(32-3)19(15)31-2/h5-8,11,13,28H,4,9-10,12H2,1-3H3,(H,26,29). The summed E-state index contributed by atoms with van der Waals surface area (Å²) in [7, 11) is 2.94. The normalized spacial score (nSPS) is 15.9. The lowest BCUT2D eigenvalue weighted by Gasteiger charge is -2.19. The van der Waals surface area contributed by atoms with Crippen LogP contribution in [0.3, 0.4) is 0 Å². The highest BCUT2D eigenvalue weighted by Gasteiger charge is 2.34. The van der Waals surface area contributed by atoms with Crippen molar-refractivity contribution in [2.45, 2.75) is 25.9 Å². The Hall–Kier alpha value is -4.48. The summed E-state index contributed by atoms with van der Waals surface area (Å²) in [5, 5.41) is 17.8. The fourth-order valence-electron chi connectivity index (χ4n) is 3.87. The molecular weight excluding hydrogens is 474 g/mol. The van der Waals surface area contributed by atoms with Crippen molar-refractivity contribution in [2.75, 3.05) is 27.6 Å². The van der Waals surface area contributed by atoms with Crippen molar-refractivity contribution in [2.24, 2.45) is 10.3 Å². The Kier molecular flexibility index (Phi) is 7.42. The molecule has 1 amide bonds. The largest absolute Gasteiger partial charge is 0.507 e. The molecule has 0 saturated heterocycles. The summed E-state index contributed by atoms with van der Waals surface area (Å²) in [6, 6.07) is 6.09. The number of rotatable bonds is 9. The first-order chi connectivity index (χ1) is 17.5. The van der Waals surface area contributed by atoms with Crippen molar-refractivity contribution in [1.29, 1.82) is 0 Å². The van der Waals surface area contributed by atoms with E-state index in [1.165, 1.54) is 32.6 Å². The van der Waals surface area contributed by atoms with E-state index in [2.05, 4.69) is 15.7 Å². The zero-order valence-electron chi connectivity index (χ0n) is 19.9. The van der Waals surface area contributed by atoms with Crippen molar-refractivity contribution in [3.8, 4) is 28.7 Å². The van der Waals surface area contributed by atoms with Crippen LogP contribution in [0.25, 0.3) is 0 Å². The molecule has 36 heavy (non-hydrogen) atoms. The number of aromatic hydroxyl groups is 1. The quantitative estimate of drug-likeness (QED) is 0.301. The Bertz CT molecular complexity index is 1230. The number of esters is 1. The minimum absolute atomic E-state index is 0.0561. The number of methoxy groups -OCH3 is 2. The number of phenols is 1. The number of hydrazone groups is 1. The molecule has 2 aromatic rings. The molecule has 12 heteroatoms. The summed E-state index contributed by atoms with van der Waals surface area (Å²) in [6.45, 7) is 1.88. The Balaban J connectivity index is 1.65. The van der Waals surface area contributed by atoms with Gasteiger partial charge in [-0.15, -0.1) is 0 Å². The van der Waals surface area contributed by atoms with Gasteiger partial charge in [-0.25, -0.2) is 10.2 Å². The molecule has 0 spiro atoms. The molecule has 0 aliphatic carbocycles. The van der Waals surface area contributed by atoms with E-state index in [1.807, 2.05) is 0 Å². The maximum Gasteiger partial charge on any atom is 0.356 e. The highest BCUT2D eigenvalue weighted by molar-refractivity contribution is 6.36. The molecule has 2 aliphatic rings. The summed E-state index contributed by atoms with van der Waals surface area (Å²) >= 11 is 0. The van der Waals surface area contributed by atoms with E-state index >= 15 is 0 Å². The van der Waals surface area contributed by atoms with E-state index in [1.54, 1.807) is 19.1 Å². The number of para-hydroxylation sites is 1. The van der Waals surface area contributed by atoms with Crippen LogP contribution in [0, 0.1) is 0 Å². The predicted octanol–water partition coefficient (Wildman–Crippen LogP) is 2.15. The Morgan fingerprint density at radius 1 is 1.19 bits per heavy atom. The number of nitrogens with one attached hydrogen (secondary N) is 1. The lowest BCUT2D eigenvalue weighted by atomic mass is 9.96. The molecule has 12 nitrogen and oxygen atoms in total. The average Bonchev–Trinajstić information content (AvgIpc) is 3.55. The fourth-order valence-corrected chi connectivity index (χ4v) is 3.87. The third-order valence-corrected chi connectivity index (χ3v) is 5.46. The second kappa shape index (κ2) is 10.8. The SMILES string of the molecule is CCOC(=O)C1=NOC(Cc2c(C=NNC(=O)c3ccccc3O)c3c(c(OC)c2OC)OCO3)C1. The van der Waals surface area contributed by atoms with Gasteiger partial charge in [0.15, 0.2) is 17.2 Å². The van der Waals surface area contributed by atoms with E-state index in [0.29, 0.717) is 34.1 Å². The molecule has 2 aromatic carbocycles. The zero-order chi connectivity index (χ0) is 25.7. The molecule has 1 unspecified atom stereocenters. The zero-order valence-corrected chi connectivity index (χ0v) is 19.9. The molecule has 2 N–H and O–H groups in total. The van der Waals surface area contributed by atoms with Crippen molar-refractivity contribution < 1.29 is 43.2 Å². The number of carbonyl (C=O) groups is 2. The van der Waals surface area contributed by atoms with Crippen molar-refractivity contribution in [1.82, 2.24) is 5.43 Å². The summed E-state index contributed by atoms with van der Waals surface area (Å²) in [6.07, 6.45) is 1.33. The molecule has 4 rings (SSSR count). The number of benzene rings is 2. The summed E-state index contributed by atoms with van der Waals surface area (Å²) in [5.74, 6) is 0.0135. The molecular formula is C24H25N3O9. The van der Waals surface area contributed by atoms with Gasteiger partial charge in [-0.2, -0.15) is 5.10 Å². The fraction of sp³-hybridized carbons (Fsp3) is 0.333. The van der Waals surface area contributed by atoms with Gasteiger partial charge in [-0.05, 0) is 19.1 Å². The number of ether oxygens (including phenoxy) is 5. The number of nitrogens with zero attached hydrogens (tertiary/aromatic N) is 2. The average molecular weight is 499 g/mol. The molecule has 0 bridgehead atoms. The van der Waals surface area contributed by atoms with Crippen molar-refractivity contribution >= 4 is 23.8 Å². The first-order valence-electron chi connectivity index (χ1n) is 11.1. The van der Waals surface area contributed by atoms with E-state index in [0.717, 1.165) is 0 Å². The van der Waals surface area contributed by atoms with E-state index < -0.39 is 18.0 Å². The second-order valence-electron chi connectivity index (χ2n) is 7.63. The van der Waals surface area contributed by atoms with Crippen LogP contribution >= 0.6 is 0 Å². The predicted molar refractivity (Wildman–Crippen MR) is 126 cm³/mol. The second-order valence-corrected chi connectivity index (χ2v) is 7.63. The Labute approximate surface area is 206 Å². The smallest absolute Gasteiger partial charge is 0.356 e. The molecule has 0 saturated carbocycles. The first-order valence-corrected chi connectivity index (χ1v) is 11.1. The number of oxime groups is 1. The van der Waals surface area contributed by atoms with Crippen LogP contribution in [0.5, 0.6) is 28.7 Å². The van der Waals surface area contributed by atoms with Crippen molar-refractivity contribution in [3.05, 3.63) is 41.0 Å². The van der Waals surface area contributed by atoms with Crippen LogP contribution in [0.4, 0.5) is 0 Å². The van der Waals surface area contributed by atoms with Gasteiger partial charge in [0.2, 0.25) is 18.3 Å². The summed E-state index contributed by atoms with van der Waals surface area (Å²) in [5.41, 5.74) is 3.66. The van der Waals surface area contributed by atoms with E-state index in [-0.39, 0.29) is 43.3 Å². The highest BCUT2D eigenvalue weighted by atomic mass is 16.7. The highest BCUT2D eigenvalue weighted by Crippen LogP contribution is 2.52. The monoisotopic (exact) mass is 499 g/mol. The third-order valence-electron chi connectivity index (χ3n) is 5.46. The maximum atomic E-state index is 12.5. The van der Waals surface area contributed by atoms with Crippen LogP contribution in [-0.4, -0.2) is 62.6 Å².